The molecule has 0 amide bonds. The molecule has 0 aliphatic rings. The average Bonchev–Trinajstić information content (AvgIpc) is 2.02. The Hall–Kier alpha value is -0.620. The minimum Gasteiger partial charge on any atom is -0.392 e. The summed E-state index contributed by atoms with van der Waals surface area (Å²) in [5.41, 5.74) is -1.37. The van der Waals surface area contributed by atoms with Gasteiger partial charge >= 0.3 is 6.18 Å². The molecule has 0 bridgehead atoms. The quantitative estimate of drug-likeness (QED) is 0.779. The predicted molar refractivity (Wildman–Crippen MR) is 45.0 cm³/mol. The Morgan fingerprint density at radius 1 is 1.29 bits per heavy atom. The molecular formula is C8H5BrF4O. The lowest BCUT2D eigenvalue weighted by atomic mass is 10.1. The maximum atomic E-state index is 12.9. The SMILES string of the molecule is OCc1cc(C(F)(F)F)c(Br)cc1F. The van der Waals surface area contributed by atoms with Crippen molar-refractivity contribution in [2.75, 3.05) is 0 Å². The summed E-state index contributed by atoms with van der Waals surface area (Å²) in [6.07, 6.45) is -4.56. The number of benzene rings is 1. The molecule has 0 aromatic heterocycles. The van der Waals surface area contributed by atoms with Gasteiger partial charge in [-0.25, -0.2) is 4.39 Å². The minimum atomic E-state index is -4.56. The molecule has 0 saturated heterocycles. The third-order valence-electron chi connectivity index (χ3n) is 1.61. The van der Waals surface area contributed by atoms with Crippen LogP contribution in [0.25, 0.3) is 0 Å². The molecule has 0 aliphatic carbocycles. The molecule has 0 heterocycles. The summed E-state index contributed by atoms with van der Waals surface area (Å²) in [5.74, 6) is -0.868. The Bertz CT molecular complexity index is 348. The molecule has 0 spiro atoms. The lowest BCUT2D eigenvalue weighted by Crippen LogP contribution is -2.08. The maximum absolute atomic E-state index is 12.9. The monoisotopic (exact) mass is 272 g/mol. The first-order valence-corrected chi connectivity index (χ1v) is 4.31. The van der Waals surface area contributed by atoms with Crippen LogP contribution in [-0.4, -0.2) is 5.11 Å². The van der Waals surface area contributed by atoms with Gasteiger partial charge in [0.25, 0.3) is 0 Å². The molecule has 1 aromatic carbocycles. The molecule has 1 aromatic rings. The van der Waals surface area contributed by atoms with E-state index >= 15 is 0 Å². The molecule has 14 heavy (non-hydrogen) atoms. The van der Waals surface area contributed by atoms with Gasteiger partial charge in [-0.2, -0.15) is 13.2 Å². The van der Waals surface area contributed by atoms with E-state index in [9.17, 15) is 17.6 Å². The van der Waals surface area contributed by atoms with Crippen LogP contribution < -0.4 is 0 Å². The number of hydrogen-bond donors (Lipinski definition) is 1. The summed E-state index contributed by atoms with van der Waals surface area (Å²) in [7, 11) is 0. The van der Waals surface area contributed by atoms with E-state index < -0.39 is 24.2 Å². The van der Waals surface area contributed by atoms with E-state index in [0.717, 1.165) is 0 Å². The van der Waals surface area contributed by atoms with Crippen molar-refractivity contribution in [3.63, 3.8) is 0 Å². The van der Waals surface area contributed by atoms with Crippen molar-refractivity contribution in [3.8, 4) is 0 Å². The van der Waals surface area contributed by atoms with Gasteiger partial charge in [0, 0.05) is 10.0 Å². The number of alkyl halides is 3. The second-order valence-electron chi connectivity index (χ2n) is 2.58. The van der Waals surface area contributed by atoms with E-state index in [2.05, 4.69) is 15.9 Å². The Morgan fingerprint density at radius 2 is 1.86 bits per heavy atom. The van der Waals surface area contributed by atoms with Crippen molar-refractivity contribution in [3.05, 3.63) is 33.5 Å². The highest BCUT2D eigenvalue weighted by Crippen LogP contribution is 2.36. The molecule has 0 fully saturated rings. The van der Waals surface area contributed by atoms with Crippen LogP contribution in [0, 0.1) is 5.82 Å². The summed E-state index contributed by atoms with van der Waals surface area (Å²) in [5, 5.41) is 8.58. The van der Waals surface area contributed by atoms with Crippen molar-refractivity contribution in [2.45, 2.75) is 12.8 Å². The van der Waals surface area contributed by atoms with Gasteiger partial charge in [-0.1, -0.05) is 15.9 Å². The molecule has 1 rings (SSSR count). The number of halogens is 5. The summed E-state index contributed by atoms with van der Waals surface area (Å²) in [6, 6.07) is 1.27. The van der Waals surface area contributed by atoms with E-state index in [4.69, 9.17) is 5.11 Å². The van der Waals surface area contributed by atoms with Crippen molar-refractivity contribution in [1.82, 2.24) is 0 Å². The van der Waals surface area contributed by atoms with Crippen molar-refractivity contribution in [1.29, 1.82) is 0 Å². The topological polar surface area (TPSA) is 20.2 Å². The zero-order chi connectivity index (χ0) is 10.9. The molecule has 0 atom stereocenters. The second-order valence-corrected chi connectivity index (χ2v) is 3.43. The van der Waals surface area contributed by atoms with E-state index in [-0.39, 0.29) is 10.0 Å². The third-order valence-corrected chi connectivity index (χ3v) is 2.27. The van der Waals surface area contributed by atoms with Crippen LogP contribution in [0.15, 0.2) is 16.6 Å². The number of aliphatic hydroxyl groups excluding tert-OH is 1. The van der Waals surface area contributed by atoms with Crippen LogP contribution in [0.1, 0.15) is 11.1 Å². The lowest BCUT2D eigenvalue weighted by Gasteiger charge is -2.10. The zero-order valence-corrected chi connectivity index (χ0v) is 8.28. The summed E-state index contributed by atoms with van der Waals surface area (Å²) in [6.45, 7) is -0.762. The van der Waals surface area contributed by atoms with Crippen molar-refractivity contribution >= 4 is 15.9 Å². The highest BCUT2D eigenvalue weighted by molar-refractivity contribution is 9.10. The first kappa shape index (κ1) is 11.5. The Kier molecular flexibility index (Phi) is 3.16. The highest BCUT2D eigenvalue weighted by atomic mass is 79.9. The van der Waals surface area contributed by atoms with E-state index in [1.54, 1.807) is 0 Å². The van der Waals surface area contributed by atoms with Crippen molar-refractivity contribution < 1.29 is 22.7 Å². The van der Waals surface area contributed by atoms with Crippen LogP contribution in [-0.2, 0) is 12.8 Å². The van der Waals surface area contributed by atoms with Gasteiger partial charge in [0.05, 0.1) is 12.2 Å². The van der Waals surface area contributed by atoms with Gasteiger partial charge in [-0.05, 0) is 12.1 Å². The fraction of sp³-hybridized carbons (Fsp3) is 0.250. The molecule has 0 aliphatic heterocycles. The van der Waals surface area contributed by atoms with Gasteiger partial charge in [-0.15, -0.1) is 0 Å². The molecule has 0 unspecified atom stereocenters. The molecule has 6 heteroatoms. The van der Waals surface area contributed by atoms with Crippen LogP contribution >= 0.6 is 15.9 Å². The second kappa shape index (κ2) is 3.86. The Labute approximate surface area is 85.5 Å². The third kappa shape index (κ3) is 2.24. The summed E-state index contributed by atoms with van der Waals surface area (Å²) >= 11 is 2.60. The molecule has 1 nitrogen and oxygen atoms in total. The Morgan fingerprint density at radius 3 is 2.29 bits per heavy atom. The zero-order valence-electron chi connectivity index (χ0n) is 6.70. The number of rotatable bonds is 1. The van der Waals surface area contributed by atoms with E-state index in [0.29, 0.717) is 12.1 Å². The fourth-order valence-corrected chi connectivity index (χ4v) is 1.47. The van der Waals surface area contributed by atoms with Gasteiger partial charge < -0.3 is 5.11 Å². The smallest absolute Gasteiger partial charge is 0.392 e. The van der Waals surface area contributed by atoms with Gasteiger partial charge in [0.2, 0.25) is 0 Å². The first-order valence-electron chi connectivity index (χ1n) is 3.52. The van der Waals surface area contributed by atoms with Gasteiger partial charge in [0.15, 0.2) is 0 Å². The van der Waals surface area contributed by atoms with E-state index in [1.165, 1.54) is 0 Å². The fourth-order valence-electron chi connectivity index (χ4n) is 0.932. The standard InChI is InChI=1S/C8H5BrF4O/c9-6-2-7(10)4(3-14)1-5(6)8(11,12)13/h1-2,14H,3H2. The number of aliphatic hydroxyl groups is 1. The average molecular weight is 273 g/mol. The first-order chi connectivity index (χ1) is 6.36. The van der Waals surface area contributed by atoms with Gasteiger partial charge in [-0.3, -0.25) is 0 Å². The largest absolute Gasteiger partial charge is 0.417 e. The molecule has 0 saturated carbocycles. The Balaban J connectivity index is 3.32. The summed E-state index contributed by atoms with van der Waals surface area (Å²) in [4.78, 5) is 0. The van der Waals surface area contributed by atoms with E-state index in [1.807, 2.05) is 0 Å². The van der Waals surface area contributed by atoms with Crippen LogP contribution in [0.3, 0.4) is 0 Å². The highest BCUT2D eigenvalue weighted by Gasteiger charge is 2.33. The lowest BCUT2D eigenvalue weighted by molar-refractivity contribution is -0.138. The molecule has 0 radical (unpaired) electrons. The van der Waals surface area contributed by atoms with Crippen molar-refractivity contribution in [2.24, 2.45) is 0 Å². The molecule has 78 valence electrons. The van der Waals surface area contributed by atoms with Crippen LogP contribution in [0.5, 0.6) is 0 Å². The summed E-state index contributed by atoms with van der Waals surface area (Å²) < 4.78 is 49.3. The molecular weight excluding hydrogens is 268 g/mol. The van der Waals surface area contributed by atoms with Gasteiger partial charge in [0.1, 0.15) is 5.82 Å². The van der Waals surface area contributed by atoms with Crippen LogP contribution in [0.4, 0.5) is 17.6 Å². The minimum absolute atomic E-state index is 0.375. The normalized spacial score (nSPS) is 11.9. The maximum Gasteiger partial charge on any atom is 0.417 e. The predicted octanol–water partition coefficient (Wildman–Crippen LogP) is 3.10. The number of hydrogen-bond acceptors (Lipinski definition) is 1. The van der Waals surface area contributed by atoms with Crippen LogP contribution in [0.2, 0.25) is 0 Å². The molecule has 1 N–H and O–H groups in total.